The predicted molar refractivity (Wildman–Crippen MR) is 109 cm³/mol. The van der Waals surface area contributed by atoms with Gasteiger partial charge < -0.3 is 15.2 Å². The van der Waals surface area contributed by atoms with Crippen LogP contribution in [0, 0.1) is 6.92 Å². The second-order valence-electron chi connectivity index (χ2n) is 5.95. The first-order valence-corrected chi connectivity index (χ1v) is 9.02. The molecule has 0 unspecified atom stereocenters. The molecule has 8 heteroatoms. The minimum atomic E-state index is 0. The molecule has 0 aliphatic heterocycles. The molecule has 0 saturated heterocycles. The Kier molecular flexibility index (Phi) is 7.47. The first-order chi connectivity index (χ1) is 11.2. The number of aliphatic imine (C=N–C) groups is 1. The second-order valence-corrected chi connectivity index (χ2v) is 6.98. The Morgan fingerprint density at radius 2 is 2.17 bits per heavy atom. The van der Waals surface area contributed by atoms with E-state index in [1.54, 1.807) is 11.3 Å². The van der Waals surface area contributed by atoms with Crippen molar-refractivity contribution in [2.24, 2.45) is 12.0 Å². The van der Waals surface area contributed by atoms with E-state index in [0.29, 0.717) is 12.6 Å². The maximum atomic E-state index is 4.71. The summed E-state index contributed by atoms with van der Waals surface area (Å²) in [6, 6.07) is 4.74. The fraction of sp³-hybridized carbons (Fsp3) is 0.562. The lowest BCUT2D eigenvalue weighted by Crippen LogP contribution is -2.42. The van der Waals surface area contributed by atoms with Gasteiger partial charge in [-0.05, 0) is 31.2 Å². The molecular weight excluding hydrogens is 435 g/mol. The summed E-state index contributed by atoms with van der Waals surface area (Å²) in [6.45, 7) is 3.28. The Bertz CT molecular complexity index is 646. The van der Waals surface area contributed by atoms with Crippen molar-refractivity contribution in [3.8, 4) is 0 Å². The van der Waals surface area contributed by atoms with Gasteiger partial charge in [-0.2, -0.15) is 0 Å². The van der Waals surface area contributed by atoms with Crippen LogP contribution in [0.15, 0.2) is 22.5 Å². The van der Waals surface area contributed by atoms with Gasteiger partial charge in [0.05, 0.1) is 6.54 Å². The predicted octanol–water partition coefficient (Wildman–Crippen LogP) is 2.98. The molecule has 2 heterocycles. The maximum Gasteiger partial charge on any atom is 0.192 e. The number of nitrogens with zero attached hydrogens (tertiary/aromatic N) is 4. The van der Waals surface area contributed by atoms with Crippen LogP contribution in [-0.4, -0.2) is 26.8 Å². The van der Waals surface area contributed by atoms with E-state index in [-0.39, 0.29) is 24.0 Å². The highest BCUT2D eigenvalue weighted by atomic mass is 127. The second kappa shape index (κ2) is 9.36. The summed E-state index contributed by atoms with van der Waals surface area (Å²) >= 11 is 1.76. The number of aryl methyl sites for hydroxylation is 1. The lowest BCUT2D eigenvalue weighted by molar-refractivity contribution is 0.610. The van der Waals surface area contributed by atoms with Crippen molar-refractivity contribution in [3.05, 3.63) is 34.0 Å². The Morgan fingerprint density at radius 1 is 1.38 bits per heavy atom. The molecule has 2 aromatic heterocycles. The zero-order chi connectivity index (χ0) is 16.1. The molecule has 132 valence electrons. The fourth-order valence-corrected chi connectivity index (χ4v) is 3.38. The minimum absolute atomic E-state index is 0. The number of thiophene rings is 1. The van der Waals surface area contributed by atoms with Gasteiger partial charge in [-0.25, -0.2) is 4.99 Å². The highest BCUT2D eigenvalue weighted by Gasteiger charge is 2.16. The highest BCUT2D eigenvalue weighted by Crippen LogP contribution is 2.17. The Hall–Kier alpha value is -1.16. The van der Waals surface area contributed by atoms with Crippen LogP contribution < -0.4 is 10.6 Å². The largest absolute Gasteiger partial charge is 0.354 e. The molecule has 1 aliphatic carbocycles. The van der Waals surface area contributed by atoms with Gasteiger partial charge in [-0.15, -0.1) is 45.5 Å². The molecule has 0 aromatic carbocycles. The van der Waals surface area contributed by atoms with Crippen LogP contribution in [0.5, 0.6) is 0 Å². The molecule has 3 rings (SSSR count). The van der Waals surface area contributed by atoms with Gasteiger partial charge in [0.25, 0.3) is 0 Å². The molecular formula is C16H25IN6S. The van der Waals surface area contributed by atoms with Gasteiger partial charge in [0, 0.05) is 18.0 Å². The number of halogens is 1. The maximum absolute atomic E-state index is 4.71. The van der Waals surface area contributed by atoms with Crippen LogP contribution in [0.25, 0.3) is 0 Å². The van der Waals surface area contributed by atoms with Crippen molar-refractivity contribution in [2.75, 3.05) is 0 Å². The zero-order valence-corrected chi connectivity index (χ0v) is 17.3. The SMILES string of the molecule is Cc1nnc(CN=C(NCc2cccs2)NC2CCCC2)n1C.I. The van der Waals surface area contributed by atoms with E-state index < -0.39 is 0 Å². The van der Waals surface area contributed by atoms with Crippen LogP contribution >= 0.6 is 35.3 Å². The molecule has 1 fully saturated rings. The lowest BCUT2D eigenvalue weighted by Gasteiger charge is -2.17. The summed E-state index contributed by atoms with van der Waals surface area (Å²) in [5, 5.41) is 17.4. The third-order valence-corrected chi connectivity index (χ3v) is 5.14. The molecule has 1 aliphatic rings. The van der Waals surface area contributed by atoms with Crippen molar-refractivity contribution >= 4 is 41.3 Å². The van der Waals surface area contributed by atoms with Crippen LogP contribution in [0.4, 0.5) is 0 Å². The van der Waals surface area contributed by atoms with Crippen LogP contribution in [0.1, 0.15) is 42.2 Å². The van der Waals surface area contributed by atoms with Gasteiger partial charge in [0.1, 0.15) is 12.4 Å². The van der Waals surface area contributed by atoms with E-state index in [1.165, 1.54) is 30.6 Å². The topological polar surface area (TPSA) is 67.1 Å². The third-order valence-electron chi connectivity index (χ3n) is 4.27. The third kappa shape index (κ3) is 5.17. The van der Waals surface area contributed by atoms with Gasteiger partial charge in [-0.3, -0.25) is 0 Å². The number of guanidine groups is 1. The van der Waals surface area contributed by atoms with Crippen molar-refractivity contribution < 1.29 is 0 Å². The molecule has 24 heavy (non-hydrogen) atoms. The van der Waals surface area contributed by atoms with Crippen LogP contribution in [0.3, 0.4) is 0 Å². The van der Waals surface area contributed by atoms with Gasteiger partial charge in [0.2, 0.25) is 0 Å². The summed E-state index contributed by atoms with van der Waals surface area (Å²) in [5.41, 5.74) is 0. The molecule has 1 saturated carbocycles. The number of nitrogens with one attached hydrogen (secondary N) is 2. The summed E-state index contributed by atoms with van der Waals surface area (Å²) in [4.78, 5) is 6.01. The average Bonchev–Trinajstić information content (AvgIpc) is 3.28. The van der Waals surface area contributed by atoms with E-state index in [2.05, 4.69) is 38.3 Å². The lowest BCUT2D eigenvalue weighted by atomic mass is 10.2. The summed E-state index contributed by atoms with van der Waals surface area (Å²) < 4.78 is 1.98. The van der Waals surface area contributed by atoms with Gasteiger partial charge in [-0.1, -0.05) is 18.9 Å². The molecule has 2 aromatic rings. The standard InChI is InChI=1S/C16H24N6S.HI/c1-12-20-21-15(22(12)2)11-18-16(19-13-6-3-4-7-13)17-10-14-8-5-9-23-14;/h5,8-9,13H,3-4,6-7,10-11H2,1-2H3,(H2,17,18,19);1H. The van der Waals surface area contributed by atoms with Crippen molar-refractivity contribution in [1.29, 1.82) is 0 Å². The van der Waals surface area contributed by atoms with Crippen molar-refractivity contribution in [1.82, 2.24) is 25.4 Å². The normalized spacial score (nSPS) is 15.3. The van der Waals surface area contributed by atoms with E-state index >= 15 is 0 Å². The smallest absolute Gasteiger partial charge is 0.192 e. The minimum Gasteiger partial charge on any atom is -0.354 e. The van der Waals surface area contributed by atoms with Gasteiger partial charge >= 0.3 is 0 Å². The molecule has 0 spiro atoms. The Morgan fingerprint density at radius 3 is 2.79 bits per heavy atom. The van der Waals surface area contributed by atoms with E-state index in [4.69, 9.17) is 4.99 Å². The summed E-state index contributed by atoms with van der Waals surface area (Å²) in [5.74, 6) is 2.66. The highest BCUT2D eigenvalue weighted by molar-refractivity contribution is 14.0. The molecule has 2 N–H and O–H groups in total. The van der Waals surface area contributed by atoms with Crippen LogP contribution in [-0.2, 0) is 20.1 Å². The summed E-state index contributed by atoms with van der Waals surface area (Å²) in [7, 11) is 1.98. The van der Waals surface area contributed by atoms with E-state index in [1.807, 2.05) is 18.5 Å². The molecule has 6 nitrogen and oxygen atoms in total. The fourth-order valence-electron chi connectivity index (χ4n) is 2.74. The van der Waals surface area contributed by atoms with Crippen molar-refractivity contribution in [2.45, 2.75) is 51.7 Å². The molecule has 0 amide bonds. The average molecular weight is 460 g/mol. The summed E-state index contributed by atoms with van der Waals surface area (Å²) in [6.07, 6.45) is 5.06. The molecule has 0 atom stereocenters. The zero-order valence-electron chi connectivity index (χ0n) is 14.2. The van der Waals surface area contributed by atoms with Crippen LogP contribution in [0.2, 0.25) is 0 Å². The number of hydrogen-bond donors (Lipinski definition) is 2. The quantitative estimate of drug-likeness (QED) is 0.409. The number of aromatic nitrogens is 3. The first-order valence-electron chi connectivity index (χ1n) is 8.14. The number of hydrogen-bond acceptors (Lipinski definition) is 4. The first kappa shape index (κ1) is 19.2. The van der Waals surface area contributed by atoms with E-state index in [9.17, 15) is 0 Å². The Labute approximate surface area is 164 Å². The van der Waals surface area contributed by atoms with Gasteiger partial charge in [0.15, 0.2) is 11.8 Å². The van der Waals surface area contributed by atoms with E-state index in [0.717, 1.165) is 24.2 Å². The number of rotatable bonds is 5. The molecule has 0 bridgehead atoms. The molecule has 0 radical (unpaired) electrons. The van der Waals surface area contributed by atoms with Crippen molar-refractivity contribution in [3.63, 3.8) is 0 Å². The Balaban J connectivity index is 0.00000208. The monoisotopic (exact) mass is 460 g/mol.